The molecule has 4 aliphatic carbocycles. The van der Waals surface area contributed by atoms with Gasteiger partial charge >= 0.3 is 5.97 Å². The highest BCUT2D eigenvalue weighted by atomic mass is 16.5. The summed E-state index contributed by atoms with van der Waals surface area (Å²) >= 11 is 0. The smallest absolute Gasteiger partial charge is 0.306 e. The zero-order chi connectivity index (χ0) is 27.0. The number of quaternary nitrogens is 1. The third-order valence-electron chi connectivity index (χ3n) is 11.8. The van der Waals surface area contributed by atoms with Crippen molar-refractivity contribution in [3.8, 4) is 0 Å². The molecule has 0 radical (unpaired) electrons. The highest BCUT2D eigenvalue weighted by Gasteiger charge is 2.59. The van der Waals surface area contributed by atoms with Crippen molar-refractivity contribution in [1.29, 1.82) is 0 Å². The number of esters is 1. The van der Waals surface area contributed by atoms with E-state index >= 15 is 0 Å². The first-order valence-corrected chi connectivity index (χ1v) is 16.0. The van der Waals surface area contributed by atoms with Crippen molar-refractivity contribution in [2.24, 2.45) is 46.3 Å². The van der Waals surface area contributed by atoms with E-state index < -0.39 is 0 Å². The Morgan fingerprint density at radius 2 is 1.76 bits per heavy atom. The molecule has 8 atom stereocenters. The molecule has 0 aromatic carbocycles. The van der Waals surface area contributed by atoms with Crippen LogP contribution in [0.2, 0.25) is 0 Å². The third kappa shape index (κ3) is 6.33. The SMILES string of the molecule is CC(C)CCC[C@@H](C)[C@H]1CCC2C3CC=C4CC(OC(=O)CCC[N+](C)(C)C)CC[C@]4(C)C3CC[C@@]21C. The highest BCUT2D eigenvalue weighted by molar-refractivity contribution is 5.69. The number of hydrogen-bond donors (Lipinski definition) is 0. The minimum Gasteiger partial charge on any atom is -0.462 e. The van der Waals surface area contributed by atoms with Crippen LogP contribution in [0.25, 0.3) is 0 Å². The van der Waals surface area contributed by atoms with E-state index in [1.165, 1.54) is 57.8 Å². The Kier molecular flexibility index (Phi) is 8.94. The van der Waals surface area contributed by atoms with Crippen LogP contribution in [0, 0.1) is 46.3 Å². The van der Waals surface area contributed by atoms with E-state index in [2.05, 4.69) is 61.8 Å². The maximum absolute atomic E-state index is 12.6. The van der Waals surface area contributed by atoms with Gasteiger partial charge in [0, 0.05) is 12.8 Å². The van der Waals surface area contributed by atoms with Gasteiger partial charge in [-0.2, -0.15) is 0 Å². The molecule has 37 heavy (non-hydrogen) atoms. The molecule has 0 heterocycles. The van der Waals surface area contributed by atoms with E-state index in [1.54, 1.807) is 5.57 Å². The van der Waals surface area contributed by atoms with E-state index in [4.69, 9.17) is 4.74 Å². The van der Waals surface area contributed by atoms with Crippen LogP contribution in [0.15, 0.2) is 11.6 Å². The van der Waals surface area contributed by atoms with E-state index in [-0.39, 0.29) is 12.1 Å². The summed E-state index contributed by atoms with van der Waals surface area (Å²) in [4.78, 5) is 12.6. The van der Waals surface area contributed by atoms with Gasteiger partial charge in [0.05, 0.1) is 34.1 Å². The molecule has 212 valence electrons. The fourth-order valence-corrected chi connectivity index (χ4v) is 9.70. The number of ether oxygens (including phenoxy) is 1. The summed E-state index contributed by atoms with van der Waals surface area (Å²) < 4.78 is 6.93. The molecule has 4 rings (SSSR count). The Morgan fingerprint density at radius 1 is 1.00 bits per heavy atom. The molecule has 3 saturated carbocycles. The lowest BCUT2D eigenvalue weighted by Gasteiger charge is -2.58. The first-order valence-electron chi connectivity index (χ1n) is 16.0. The summed E-state index contributed by atoms with van der Waals surface area (Å²) in [5.74, 6) is 5.28. The third-order valence-corrected chi connectivity index (χ3v) is 11.8. The molecular formula is C34H60NO2+. The molecule has 0 amide bonds. The minimum atomic E-state index is 0.0179. The normalized spacial score (nSPS) is 38.4. The molecule has 0 bridgehead atoms. The van der Waals surface area contributed by atoms with Crippen LogP contribution in [0.3, 0.4) is 0 Å². The van der Waals surface area contributed by atoms with Crippen LogP contribution in [-0.4, -0.2) is 44.2 Å². The molecule has 0 spiro atoms. The number of fused-ring (bicyclic) bond motifs is 5. The number of hydrogen-bond acceptors (Lipinski definition) is 2. The van der Waals surface area contributed by atoms with Gasteiger partial charge in [-0.1, -0.05) is 65.5 Å². The molecular weight excluding hydrogens is 454 g/mol. The summed E-state index contributed by atoms with van der Waals surface area (Å²) in [5.41, 5.74) is 2.51. The second kappa shape index (κ2) is 11.3. The lowest BCUT2D eigenvalue weighted by atomic mass is 9.47. The predicted octanol–water partition coefficient (Wildman–Crippen LogP) is 8.43. The van der Waals surface area contributed by atoms with Gasteiger partial charge in [0.1, 0.15) is 6.10 Å². The Labute approximate surface area is 229 Å². The van der Waals surface area contributed by atoms with Crippen molar-refractivity contribution in [2.75, 3.05) is 27.7 Å². The predicted molar refractivity (Wildman–Crippen MR) is 155 cm³/mol. The Hall–Kier alpha value is -0.830. The van der Waals surface area contributed by atoms with E-state index in [0.717, 1.165) is 65.8 Å². The monoisotopic (exact) mass is 514 g/mol. The minimum absolute atomic E-state index is 0.0179. The first-order chi connectivity index (χ1) is 17.3. The summed E-state index contributed by atoms with van der Waals surface area (Å²) in [6, 6.07) is 0. The van der Waals surface area contributed by atoms with E-state index in [0.29, 0.717) is 17.3 Å². The van der Waals surface area contributed by atoms with Gasteiger partial charge in [-0.05, 0) is 91.3 Å². The largest absolute Gasteiger partial charge is 0.462 e. The van der Waals surface area contributed by atoms with Crippen molar-refractivity contribution < 1.29 is 14.0 Å². The molecule has 3 heteroatoms. The number of carbonyl (C=O) groups is 1. The van der Waals surface area contributed by atoms with E-state index in [9.17, 15) is 4.79 Å². The Morgan fingerprint density at radius 3 is 2.46 bits per heavy atom. The van der Waals surface area contributed by atoms with Crippen LogP contribution in [-0.2, 0) is 9.53 Å². The first kappa shape index (κ1) is 29.2. The van der Waals surface area contributed by atoms with Gasteiger partial charge in [-0.15, -0.1) is 0 Å². The van der Waals surface area contributed by atoms with Gasteiger partial charge in [0.25, 0.3) is 0 Å². The molecule has 3 fully saturated rings. The van der Waals surface area contributed by atoms with Crippen LogP contribution < -0.4 is 0 Å². The van der Waals surface area contributed by atoms with Crippen molar-refractivity contribution in [1.82, 2.24) is 0 Å². The molecule has 0 aromatic heterocycles. The lowest BCUT2D eigenvalue weighted by molar-refractivity contribution is -0.870. The molecule has 0 N–H and O–H groups in total. The molecule has 0 aliphatic heterocycles. The van der Waals surface area contributed by atoms with Gasteiger partial charge < -0.3 is 9.22 Å². The van der Waals surface area contributed by atoms with Gasteiger partial charge in [-0.3, -0.25) is 4.79 Å². The standard InChI is InChI=1S/C34H60NO2/c1-24(2)11-9-12-25(3)29-16-17-30-28-15-14-26-23-27(37-32(36)13-10-22-35(6,7)8)18-20-33(26,4)31(28)19-21-34(29,30)5/h14,24-25,27-31H,9-13,15-23H2,1-8H3/q+1/t25-,27?,28?,29-,30?,31?,33+,34-/m1/s1. The summed E-state index contributed by atoms with van der Waals surface area (Å²) in [6.45, 7) is 13.6. The number of allylic oxidation sites excluding steroid dienone is 1. The molecule has 4 unspecified atom stereocenters. The summed E-state index contributed by atoms with van der Waals surface area (Å²) in [6.07, 6.45) is 18.7. The van der Waals surface area contributed by atoms with Crippen molar-refractivity contribution in [3.05, 3.63) is 11.6 Å². The van der Waals surface area contributed by atoms with Gasteiger partial charge in [0.2, 0.25) is 0 Å². The number of nitrogens with zero attached hydrogens (tertiary/aromatic N) is 1. The lowest BCUT2D eigenvalue weighted by Crippen LogP contribution is -2.51. The van der Waals surface area contributed by atoms with E-state index in [1.807, 2.05) is 0 Å². The molecule has 3 nitrogen and oxygen atoms in total. The molecule has 0 saturated heterocycles. The fourth-order valence-electron chi connectivity index (χ4n) is 9.70. The van der Waals surface area contributed by atoms with Gasteiger partial charge in [-0.25, -0.2) is 0 Å². The maximum Gasteiger partial charge on any atom is 0.306 e. The van der Waals surface area contributed by atoms with Crippen molar-refractivity contribution >= 4 is 5.97 Å². The fraction of sp³-hybridized carbons (Fsp3) is 0.912. The number of carbonyl (C=O) groups excluding carboxylic acids is 1. The van der Waals surface area contributed by atoms with Crippen LogP contribution in [0.5, 0.6) is 0 Å². The summed E-state index contributed by atoms with van der Waals surface area (Å²) in [5, 5.41) is 0. The van der Waals surface area contributed by atoms with Crippen LogP contribution in [0.1, 0.15) is 118 Å². The maximum atomic E-state index is 12.6. The molecule has 0 aromatic rings. The topological polar surface area (TPSA) is 26.3 Å². The quantitative estimate of drug-likeness (QED) is 0.166. The van der Waals surface area contributed by atoms with Gasteiger partial charge in [0.15, 0.2) is 0 Å². The van der Waals surface area contributed by atoms with Crippen molar-refractivity contribution in [3.63, 3.8) is 0 Å². The average Bonchev–Trinajstić information content (AvgIpc) is 3.15. The Bertz CT molecular complexity index is 824. The zero-order valence-electron chi connectivity index (χ0n) is 25.8. The summed E-state index contributed by atoms with van der Waals surface area (Å²) in [7, 11) is 6.55. The van der Waals surface area contributed by atoms with Crippen molar-refractivity contribution in [2.45, 2.75) is 124 Å². The number of rotatable bonds is 10. The second-order valence-corrected chi connectivity index (χ2v) is 15.8. The zero-order valence-corrected chi connectivity index (χ0v) is 25.8. The highest BCUT2D eigenvalue weighted by Crippen LogP contribution is 2.67. The van der Waals surface area contributed by atoms with Crippen LogP contribution in [0.4, 0.5) is 0 Å². The van der Waals surface area contributed by atoms with Crippen LogP contribution >= 0.6 is 0 Å². The average molecular weight is 515 g/mol. The Balaban J connectivity index is 1.36. The molecule has 4 aliphatic rings. The second-order valence-electron chi connectivity index (χ2n) is 15.8.